The van der Waals surface area contributed by atoms with Gasteiger partial charge in [0.05, 0.1) is 10.6 Å². The molecule has 1 aromatic heterocycles. The molecule has 0 saturated heterocycles. The van der Waals surface area contributed by atoms with Crippen molar-refractivity contribution in [2.24, 2.45) is 11.7 Å². The van der Waals surface area contributed by atoms with Gasteiger partial charge in [-0.1, -0.05) is 25.4 Å². The van der Waals surface area contributed by atoms with E-state index in [1.807, 2.05) is 13.8 Å². The summed E-state index contributed by atoms with van der Waals surface area (Å²) < 4.78 is 0. The SMILES string of the molecule is CC(C)C[C@H](Nc1ncc(C(N)=O)cc1Cl)C(=O)O. The van der Waals surface area contributed by atoms with Gasteiger partial charge in [0.15, 0.2) is 0 Å². The fourth-order valence-electron chi connectivity index (χ4n) is 1.54. The third kappa shape index (κ3) is 4.40. The maximum Gasteiger partial charge on any atom is 0.326 e. The van der Waals surface area contributed by atoms with Gasteiger partial charge in [0, 0.05) is 6.20 Å². The molecular weight excluding hydrogens is 270 g/mol. The molecule has 1 amide bonds. The third-order valence-electron chi connectivity index (χ3n) is 2.44. The molecule has 0 aliphatic rings. The number of halogens is 1. The van der Waals surface area contributed by atoms with Crippen molar-refractivity contribution < 1.29 is 14.7 Å². The zero-order valence-electron chi connectivity index (χ0n) is 10.7. The van der Waals surface area contributed by atoms with E-state index in [4.69, 9.17) is 22.4 Å². The summed E-state index contributed by atoms with van der Waals surface area (Å²) in [6.45, 7) is 3.84. The highest BCUT2D eigenvalue weighted by molar-refractivity contribution is 6.33. The number of nitrogens with zero attached hydrogens (tertiary/aromatic N) is 1. The molecule has 0 unspecified atom stereocenters. The second kappa shape index (κ2) is 6.38. The number of aliphatic carboxylic acids is 1. The quantitative estimate of drug-likeness (QED) is 0.738. The molecule has 0 aliphatic heterocycles. The lowest BCUT2D eigenvalue weighted by Gasteiger charge is -2.17. The van der Waals surface area contributed by atoms with E-state index in [2.05, 4.69) is 10.3 Å². The van der Waals surface area contributed by atoms with Crippen molar-refractivity contribution in [3.8, 4) is 0 Å². The number of carbonyl (C=O) groups excluding carboxylic acids is 1. The van der Waals surface area contributed by atoms with E-state index in [-0.39, 0.29) is 22.3 Å². The van der Waals surface area contributed by atoms with E-state index in [1.165, 1.54) is 12.3 Å². The minimum absolute atomic E-state index is 0.159. The van der Waals surface area contributed by atoms with Crippen LogP contribution in [0.15, 0.2) is 12.3 Å². The first-order valence-electron chi connectivity index (χ1n) is 5.76. The molecule has 7 heteroatoms. The Balaban J connectivity index is 2.91. The van der Waals surface area contributed by atoms with Crippen molar-refractivity contribution in [1.29, 1.82) is 0 Å². The number of pyridine rings is 1. The maximum atomic E-state index is 11.1. The topological polar surface area (TPSA) is 105 Å². The number of carboxylic acids is 1. The van der Waals surface area contributed by atoms with Crippen LogP contribution in [0.3, 0.4) is 0 Å². The van der Waals surface area contributed by atoms with Crippen molar-refractivity contribution in [2.45, 2.75) is 26.3 Å². The fraction of sp³-hybridized carbons (Fsp3) is 0.417. The van der Waals surface area contributed by atoms with Crippen LogP contribution in [0.5, 0.6) is 0 Å². The number of primary amides is 1. The number of carboxylic acid groups (broad SMARTS) is 1. The third-order valence-corrected chi connectivity index (χ3v) is 2.73. The van der Waals surface area contributed by atoms with E-state index in [0.29, 0.717) is 6.42 Å². The molecule has 4 N–H and O–H groups in total. The highest BCUT2D eigenvalue weighted by atomic mass is 35.5. The number of aromatic nitrogens is 1. The van der Waals surface area contributed by atoms with E-state index in [0.717, 1.165) is 0 Å². The van der Waals surface area contributed by atoms with Gasteiger partial charge in [-0.25, -0.2) is 9.78 Å². The summed E-state index contributed by atoms with van der Waals surface area (Å²) >= 11 is 5.93. The Morgan fingerprint density at radius 2 is 2.16 bits per heavy atom. The predicted octanol–water partition coefficient (Wildman–Crippen LogP) is 1.75. The lowest BCUT2D eigenvalue weighted by Crippen LogP contribution is -2.31. The summed E-state index contributed by atoms with van der Waals surface area (Å²) in [4.78, 5) is 26.0. The second-order valence-corrected chi connectivity index (χ2v) is 4.99. The number of nitrogens with one attached hydrogen (secondary N) is 1. The molecule has 6 nitrogen and oxygen atoms in total. The van der Waals surface area contributed by atoms with E-state index in [1.54, 1.807) is 0 Å². The molecular formula is C12H16ClN3O3. The molecule has 0 aromatic carbocycles. The van der Waals surface area contributed by atoms with Gasteiger partial charge >= 0.3 is 5.97 Å². The predicted molar refractivity (Wildman–Crippen MR) is 72.3 cm³/mol. The average Bonchev–Trinajstić information content (AvgIpc) is 2.29. The van der Waals surface area contributed by atoms with E-state index >= 15 is 0 Å². The molecule has 0 saturated carbocycles. The molecule has 1 aromatic rings. The molecule has 0 radical (unpaired) electrons. The summed E-state index contributed by atoms with van der Waals surface area (Å²) in [6.07, 6.45) is 1.69. The van der Waals surface area contributed by atoms with Gasteiger partial charge in [-0.3, -0.25) is 4.79 Å². The summed E-state index contributed by atoms with van der Waals surface area (Å²) in [5.41, 5.74) is 5.27. The van der Waals surface area contributed by atoms with Crippen LogP contribution in [0, 0.1) is 5.92 Å². The summed E-state index contributed by atoms with van der Waals surface area (Å²) in [5, 5.41) is 12.0. The first kappa shape index (κ1) is 15.2. The highest BCUT2D eigenvalue weighted by Gasteiger charge is 2.20. The smallest absolute Gasteiger partial charge is 0.326 e. The molecule has 0 aliphatic carbocycles. The zero-order chi connectivity index (χ0) is 14.6. The maximum absolute atomic E-state index is 11.1. The van der Waals surface area contributed by atoms with E-state index in [9.17, 15) is 9.59 Å². The summed E-state index contributed by atoms with van der Waals surface area (Å²) in [5.74, 6) is -1.19. The normalized spacial score (nSPS) is 12.2. The highest BCUT2D eigenvalue weighted by Crippen LogP contribution is 2.22. The van der Waals surface area contributed by atoms with Crippen LogP contribution >= 0.6 is 11.6 Å². The fourth-order valence-corrected chi connectivity index (χ4v) is 1.76. The lowest BCUT2D eigenvalue weighted by molar-refractivity contribution is -0.138. The van der Waals surface area contributed by atoms with Crippen LogP contribution in [0.2, 0.25) is 5.02 Å². The molecule has 104 valence electrons. The molecule has 0 bridgehead atoms. The van der Waals surface area contributed by atoms with Gasteiger partial charge < -0.3 is 16.2 Å². The average molecular weight is 286 g/mol. The Kier molecular flexibility index (Phi) is 5.11. The number of hydrogen-bond acceptors (Lipinski definition) is 4. The van der Waals surface area contributed by atoms with Crippen LogP contribution < -0.4 is 11.1 Å². The summed E-state index contributed by atoms with van der Waals surface area (Å²) in [6, 6.07) is 0.567. The van der Waals surface area contributed by atoms with Crippen LogP contribution in [-0.2, 0) is 4.79 Å². The molecule has 0 spiro atoms. The standard InChI is InChI=1S/C12H16ClN3O3/c1-6(2)3-9(12(18)19)16-11-8(13)4-7(5-15-11)10(14)17/h4-6,9H,3H2,1-2H3,(H2,14,17)(H,15,16)(H,18,19)/t9-/m0/s1. The van der Waals surface area contributed by atoms with Crippen LogP contribution in [0.1, 0.15) is 30.6 Å². The van der Waals surface area contributed by atoms with Crippen LogP contribution in [0.4, 0.5) is 5.82 Å². The first-order valence-corrected chi connectivity index (χ1v) is 6.13. The van der Waals surface area contributed by atoms with Gasteiger partial charge in [-0.15, -0.1) is 0 Å². The van der Waals surface area contributed by atoms with Gasteiger partial charge in [0.1, 0.15) is 11.9 Å². The number of anilines is 1. The van der Waals surface area contributed by atoms with Gasteiger partial charge in [-0.05, 0) is 18.4 Å². The second-order valence-electron chi connectivity index (χ2n) is 4.58. The van der Waals surface area contributed by atoms with Gasteiger partial charge in [0.2, 0.25) is 5.91 Å². The molecule has 1 atom stereocenters. The number of hydrogen-bond donors (Lipinski definition) is 3. The van der Waals surface area contributed by atoms with Gasteiger partial charge in [-0.2, -0.15) is 0 Å². The Labute approximate surface area is 116 Å². The van der Waals surface area contributed by atoms with Gasteiger partial charge in [0.25, 0.3) is 0 Å². The van der Waals surface area contributed by atoms with Crippen LogP contribution in [0.25, 0.3) is 0 Å². The Bertz CT molecular complexity index is 491. The molecule has 0 fully saturated rings. The summed E-state index contributed by atoms with van der Waals surface area (Å²) in [7, 11) is 0. The van der Waals surface area contributed by atoms with Crippen molar-refractivity contribution >= 4 is 29.3 Å². The monoisotopic (exact) mass is 285 g/mol. The van der Waals surface area contributed by atoms with Crippen molar-refractivity contribution in [2.75, 3.05) is 5.32 Å². The Morgan fingerprint density at radius 3 is 2.58 bits per heavy atom. The van der Waals surface area contributed by atoms with Crippen LogP contribution in [-0.4, -0.2) is 28.0 Å². The zero-order valence-corrected chi connectivity index (χ0v) is 11.4. The Hall–Kier alpha value is -1.82. The van der Waals surface area contributed by atoms with Crippen molar-refractivity contribution in [3.05, 3.63) is 22.8 Å². The van der Waals surface area contributed by atoms with E-state index < -0.39 is 17.9 Å². The minimum atomic E-state index is -0.981. The van der Waals surface area contributed by atoms with Crippen molar-refractivity contribution in [3.63, 3.8) is 0 Å². The first-order chi connectivity index (χ1) is 8.81. The molecule has 1 rings (SSSR count). The molecule has 1 heterocycles. The lowest BCUT2D eigenvalue weighted by atomic mass is 10.0. The number of rotatable bonds is 6. The number of nitrogens with two attached hydrogens (primary N) is 1. The number of amides is 1. The largest absolute Gasteiger partial charge is 0.480 e. The van der Waals surface area contributed by atoms with Crippen molar-refractivity contribution in [1.82, 2.24) is 4.98 Å². The minimum Gasteiger partial charge on any atom is -0.480 e. The Morgan fingerprint density at radius 1 is 1.53 bits per heavy atom. The number of carbonyl (C=O) groups is 2. The molecule has 19 heavy (non-hydrogen) atoms.